The van der Waals surface area contributed by atoms with Crippen LogP contribution in [0.25, 0.3) is 11.3 Å². The Morgan fingerprint density at radius 3 is 2.69 bits per heavy atom. The lowest BCUT2D eigenvalue weighted by atomic mass is 10.1. The number of nitrogens with one attached hydrogen (secondary N) is 1. The molecule has 0 atom stereocenters. The summed E-state index contributed by atoms with van der Waals surface area (Å²) in [6.45, 7) is 3.19. The lowest BCUT2D eigenvalue weighted by Gasteiger charge is -2.26. The van der Waals surface area contributed by atoms with Gasteiger partial charge in [0.25, 0.3) is 5.91 Å². The summed E-state index contributed by atoms with van der Waals surface area (Å²) in [5, 5.41) is 2.92. The summed E-state index contributed by atoms with van der Waals surface area (Å²) >= 11 is 0. The molecule has 2 aromatic carbocycles. The molecule has 0 bridgehead atoms. The van der Waals surface area contributed by atoms with E-state index in [1.165, 1.54) is 0 Å². The van der Waals surface area contributed by atoms with Crippen molar-refractivity contribution >= 4 is 17.5 Å². The number of hydrogen-bond donors (Lipinski definition) is 1. The minimum atomic E-state index is -0.0135. The molecule has 2 amide bonds. The summed E-state index contributed by atoms with van der Waals surface area (Å²) in [5.74, 6) is 2.39. The first-order chi connectivity index (χ1) is 15.6. The number of amides is 2. The van der Waals surface area contributed by atoms with Crippen molar-refractivity contribution in [3.05, 3.63) is 71.5 Å². The van der Waals surface area contributed by atoms with Crippen LogP contribution in [0.5, 0.6) is 5.75 Å². The minimum Gasteiger partial charge on any atom is -0.497 e. The molecule has 0 unspecified atom stereocenters. The van der Waals surface area contributed by atoms with E-state index in [2.05, 4.69) is 12.2 Å². The van der Waals surface area contributed by atoms with Crippen molar-refractivity contribution in [2.24, 2.45) is 0 Å². The Labute approximate surface area is 188 Å². The highest BCUT2D eigenvalue weighted by molar-refractivity contribution is 5.94. The number of rotatable bonds is 7. The van der Waals surface area contributed by atoms with Crippen molar-refractivity contribution < 1.29 is 18.7 Å². The predicted octanol–water partition coefficient (Wildman–Crippen LogP) is 5.28. The Kier molecular flexibility index (Phi) is 6.59. The first-order valence-corrected chi connectivity index (χ1v) is 11.0. The number of anilines is 1. The molecule has 1 N–H and O–H groups in total. The molecule has 166 valence electrons. The molecule has 0 aliphatic carbocycles. The van der Waals surface area contributed by atoms with E-state index < -0.39 is 0 Å². The molecule has 6 heteroatoms. The lowest BCUT2D eigenvalue weighted by Crippen LogP contribution is -2.35. The molecule has 1 aliphatic heterocycles. The van der Waals surface area contributed by atoms with Crippen LogP contribution in [0.2, 0.25) is 0 Å². The van der Waals surface area contributed by atoms with Gasteiger partial charge in [-0.1, -0.05) is 19.4 Å². The number of nitrogens with zero attached hydrogens (tertiary/aromatic N) is 1. The lowest BCUT2D eigenvalue weighted by molar-refractivity contribution is -0.116. The zero-order valence-electron chi connectivity index (χ0n) is 18.5. The summed E-state index contributed by atoms with van der Waals surface area (Å²) in [6.07, 6.45) is 3.10. The van der Waals surface area contributed by atoms with Gasteiger partial charge in [-0.25, -0.2) is 0 Å². The second-order valence-electron chi connectivity index (χ2n) is 8.00. The van der Waals surface area contributed by atoms with Gasteiger partial charge in [-0.2, -0.15) is 0 Å². The fourth-order valence-electron chi connectivity index (χ4n) is 3.87. The van der Waals surface area contributed by atoms with Gasteiger partial charge in [-0.3, -0.25) is 9.59 Å². The topological polar surface area (TPSA) is 71.8 Å². The van der Waals surface area contributed by atoms with Gasteiger partial charge in [0, 0.05) is 48.3 Å². The number of unbranched alkanes of at least 4 members (excludes halogenated alkanes) is 1. The highest BCUT2D eigenvalue weighted by Crippen LogP contribution is 2.31. The molecule has 1 aliphatic rings. The van der Waals surface area contributed by atoms with Crippen LogP contribution in [-0.4, -0.2) is 30.4 Å². The van der Waals surface area contributed by atoms with E-state index in [1.54, 1.807) is 13.2 Å². The highest BCUT2D eigenvalue weighted by atomic mass is 16.5. The zero-order chi connectivity index (χ0) is 22.5. The van der Waals surface area contributed by atoms with E-state index in [0.29, 0.717) is 37.2 Å². The molecule has 32 heavy (non-hydrogen) atoms. The number of ether oxygens (including phenoxy) is 1. The van der Waals surface area contributed by atoms with Crippen molar-refractivity contribution in [2.75, 3.05) is 19.0 Å². The van der Waals surface area contributed by atoms with Crippen LogP contribution in [-0.2, 0) is 17.8 Å². The number of hydrogen-bond acceptors (Lipinski definition) is 4. The molecule has 0 radical (unpaired) electrons. The maximum Gasteiger partial charge on any atom is 0.254 e. The summed E-state index contributed by atoms with van der Waals surface area (Å²) in [4.78, 5) is 26.7. The molecular formula is C26H28N2O4. The van der Waals surface area contributed by atoms with Crippen LogP contribution in [0.15, 0.2) is 59.0 Å². The highest BCUT2D eigenvalue weighted by Gasteiger charge is 2.25. The molecule has 6 nitrogen and oxygen atoms in total. The maximum absolute atomic E-state index is 13.0. The number of methoxy groups -OCH3 is 1. The van der Waals surface area contributed by atoms with E-state index in [0.717, 1.165) is 41.2 Å². The molecule has 0 spiro atoms. The van der Waals surface area contributed by atoms with E-state index in [-0.39, 0.29) is 11.8 Å². The Morgan fingerprint density at radius 1 is 1.12 bits per heavy atom. The van der Waals surface area contributed by atoms with Crippen LogP contribution in [0.1, 0.15) is 47.9 Å². The molecule has 4 rings (SSSR count). The third-order valence-corrected chi connectivity index (χ3v) is 5.68. The fourth-order valence-corrected chi connectivity index (χ4v) is 3.87. The average Bonchev–Trinajstić information content (AvgIpc) is 3.26. The van der Waals surface area contributed by atoms with Gasteiger partial charge < -0.3 is 19.4 Å². The Balaban J connectivity index is 1.44. The van der Waals surface area contributed by atoms with Crippen LogP contribution in [0, 0.1) is 0 Å². The van der Waals surface area contributed by atoms with E-state index in [9.17, 15) is 9.59 Å². The van der Waals surface area contributed by atoms with Gasteiger partial charge in [-0.15, -0.1) is 0 Å². The standard InChI is InChI=1S/C26H28N2O4/c1-3-4-8-25(29)27-21-11-9-18(10-12-21)24-16-20-17-28(14-13-23(20)32-24)26(30)19-6-5-7-22(15-19)31-2/h5-7,9-12,15-16H,3-4,8,13-14,17H2,1-2H3,(H,27,29). The second-order valence-corrected chi connectivity index (χ2v) is 8.00. The molecule has 3 aromatic rings. The number of fused-ring (bicyclic) bond motifs is 1. The van der Waals surface area contributed by atoms with Crippen LogP contribution >= 0.6 is 0 Å². The fraction of sp³-hybridized carbons (Fsp3) is 0.308. The SMILES string of the molecule is CCCCC(=O)Nc1ccc(-c2cc3c(o2)CCN(C(=O)c2cccc(OC)c2)C3)cc1. The minimum absolute atomic E-state index is 0.0135. The average molecular weight is 433 g/mol. The number of carbonyl (C=O) groups is 2. The van der Waals surface area contributed by atoms with Crippen molar-refractivity contribution in [1.82, 2.24) is 4.90 Å². The van der Waals surface area contributed by atoms with E-state index in [4.69, 9.17) is 9.15 Å². The van der Waals surface area contributed by atoms with Crippen LogP contribution < -0.4 is 10.1 Å². The Bertz CT molecular complexity index is 1100. The second kappa shape index (κ2) is 9.73. The maximum atomic E-state index is 13.0. The largest absolute Gasteiger partial charge is 0.497 e. The number of carbonyl (C=O) groups excluding carboxylic acids is 2. The van der Waals surface area contributed by atoms with Crippen molar-refractivity contribution in [3.8, 4) is 17.1 Å². The van der Waals surface area contributed by atoms with Crippen LogP contribution in [0.4, 0.5) is 5.69 Å². The van der Waals surface area contributed by atoms with E-state index in [1.807, 2.05) is 53.4 Å². The van der Waals surface area contributed by atoms with Crippen molar-refractivity contribution in [3.63, 3.8) is 0 Å². The summed E-state index contributed by atoms with van der Waals surface area (Å²) < 4.78 is 11.3. The first kappa shape index (κ1) is 21.7. The molecule has 1 aromatic heterocycles. The molecule has 0 saturated heterocycles. The quantitative estimate of drug-likeness (QED) is 0.551. The van der Waals surface area contributed by atoms with Gasteiger partial charge in [0.15, 0.2) is 0 Å². The number of benzene rings is 2. The smallest absolute Gasteiger partial charge is 0.254 e. The molecule has 0 fully saturated rings. The normalized spacial score (nSPS) is 12.9. The van der Waals surface area contributed by atoms with Gasteiger partial charge in [-0.05, 0) is 55.0 Å². The molecular weight excluding hydrogens is 404 g/mol. The van der Waals surface area contributed by atoms with Gasteiger partial charge in [0.2, 0.25) is 5.91 Å². The monoisotopic (exact) mass is 432 g/mol. The summed E-state index contributed by atoms with van der Waals surface area (Å²) in [5.41, 5.74) is 3.37. The van der Waals surface area contributed by atoms with Crippen molar-refractivity contribution in [1.29, 1.82) is 0 Å². The molecule has 2 heterocycles. The van der Waals surface area contributed by atoms with Gasteiger partial charge in [0.05, 0.1) is 7.11 Å². The van der Waals surface area contributed by atoms with Gasteiger partial charge in [0.1, 0.15) is 17.3 Å². The third kappa shape index (κ3) is 4.85. The van der Waals surface area contributed by atoms with Crippen LogP contribution in [0.3, 0.4) is 0 Å². The first-order valence-electron chi connectivity index (χ1n) is 11.0. The number of furan rings is 1. The predicted molar refractivity (Wildman–Crippen MR) is 124 cm³/mol. The molecule has 0 saturated carbocycles. The zero-order valence-corrected chi connectivity index (χ0v) is 18.5. The van der Waals surface area contributed by atoms with Gasteiger partial charge >= 0.3 is 0 Å². The summed E-state index contributed by atoms with van der Waals surface area (Å²) in [6, 6.07) is 16.9. The third-order valence-electron chi connectivity index (χ3n) is 5.68. The van der Waals surface area contributed by atoms with Crippen molar-refractivity contribution in [2.45, 2.75) is 39.2 Å². The summed E-state index contributed by atoms with van der Waals surface area (Å²) in [7, 11) is 1.59. The Morgan fingerprint density at radius 2 is 1.94 bits per heavy atom. The Hall–Kier alpha value is -3.54. The van der Waals surface area contributed by atoms with E-state index >= 15 is 0 Å².